The highest BCUT2D eigenvalue weighted by atomic mass is 28.3. The van der Waals surface area contributed by atoms with Gasteiger partial charge in [0.15, 0.2) is 0 Å². The number of anilines is 6. The van der Waals surface area contributed by atoms with E-state index >= 15 is 0 Å². The molecular formula is C38H30N4OSi. The predicted molar refractivity (Wildman–Crippen MR) is 183 cm³/mol. The fourth-order valence-electron chi connectivity index (χ4n) is 6.53. The maximum Gasteiger partial charge on any atom is 0.137 e. The van der Waals surface area contributed by atoms with Crippen molar-refractivity contribution in [1.29, 1.82) is 0 Å². The Morgan fingerprint density at radius 1 is 0.545 bits per heavy atom. The summed E-state index contributed by atoms with van der Waals surface area (Å²) in [7, 11) is -2.04. The van der Waals surface area contributed by atoms with Gasteiger partial charge in [0.2, 0.25) is 0 Å². The van der Waals surface area contributed by atoms with Crippen LogP contribution in [0.3, 0.4) is 0 Å². The van der Waals surface area contributed by atoms with Gasteiger partial charge in [-0.1, -0.05) is 67.7 Å². The Kier molecular flexibility index (Phi) is 6.17. The van der Waals surface area contributed by atoms with E-state index in [4.69, 9.17) is 9.40 Å². The number of hydrogen-bond acceptors (Lipinski definition) is 5. The monoisotopic (exact) mass is 586 g/mol. The van der Waals surface area contributed by atoms with E-state index in [9.17, 15) is 0 Å². The normalized spacial score (nSPS) is 13.0. The molecule has 0 N–H and O–H groups in total. The second-order valence-electron chi connectivity index (χ2n) is 11.6. The molecule has 1 aliphatic rings. The van der Waals surface area contributed by atoms with Gasteiger partial charge in [-0.3, -0.25) is 9.80 Å². The maximum atomic E-state index is 6.83. The summed E-state index contributed by atoms with van der Waals surface area (Å²) in [6, 6.07) is 46.2. The van der Waals surface area contributed by atoms with E-state index in [0.717, 1.165) is 45.7 Å². The summed E-state index contributed by atoms with van der Waals surface area (Å²) in [5.74, 6) is 2.72. The number of para-hydroxylation sites is 2. The summed E-state index contributed by atoms with van der Waals surface area (Å²) in [4.78, 5) is 13.8. The van der Waals surface area contributed by atoms with Gasteiger partial charge in [-0.15, -0.1) is 0 Å². The lowest BCUT2D eigenvalue weighted by molar-refractivity contribution is 0.635. The molecule has 0 spiro atoms. The zero-order valence-corrected chi connectivity index (χ0v) is 25.6. The van der Waals surface area contributed by atoms with Crippen molar-refractivity contribution < 1.29 is 4.42 Å². The summed E-state index contributed by atoms with van der Waals surface area (Å²) in [6.45, 7) is 4.86. The van der Waals surface area contributed by atoms with Gasteiger partial charge in [0.1, 0.15) is 31.1 Å². The number of hydrogen-bond donors (Lipinski definition) is 0. The second-order valence-corrected chi connectivity index (χ2v) is 15.8. The molecule has 0 fully saturated rings. The van der Waals surface area contributed by atoms with Crippen LogP contribution in [-0.4, -0.2) is 18.0 Å². The summed E-state index contributed by atoms with van der Waals surface area (Å²) < 4.78 is 6.83. The minimum absolute atomic E-state index is 0.859. The van der Waals surface area contributed by atoms with E-state index in [2.05, 4.69) is 113 Å². The number of nitrogens with zero attached hydrogens (tertiary/aromatic N) is 4. The van der Waals surface area contributed by atoms with Crippen LogP contribution in [0.1, 0.15) is 0 Å². The van der Waals surface area contributed by atoms with Crippen LogP contribution in [-0.2, 0) is 0 Å². The Balaban J connectivity index is 1.28. The molecule has 0 saturated carbocycles. The van der Waals surface area contributed by atoms with Crippen molar-refractivity contribution in [2.75, 3.05) is 9.80 Å². The van der Waals surface area contributed by atoms with Crippen molar-refractivity contribution >= 4 is 63.8 Å². The Hall–Kier alpha value is -5.46. The SMILES string of the molecule is C[Si]1(C)c2ccc(N(c3ccccc3)c3ccccn3)cc2-c2oc3cc(N(c4ccccc4)c4ccccn4)ccc3c21. The third kappa shape index (κ3) is 4.22. The first-order valence-corrected chi connectivity index (χ1v) is 17.8. The highest BCUT2D eigenvalue weighted by molar-refractivity contribution is 7.05. The summed E-state index contributed by atoms with van der Waals surface area (Å²) in [5, 5.41) is 3.95. The molecule has 4 aromatic carbocycles. The molecule has 0 atom stereocenters. The lowest BCUT2D eigenvalue weighted by Crippen LogP contribution is -2.49. The first kappa shape index (κ1) is 26.2. The predicted octanol–water partition coefficient (Wildman–Crippen LogP) is 8.97. The Bertz CT molecular complexity index is 2020. The number of benzene rings is 4. The molecule has 0 bridgehead atoms. The van der Waals surface area contributed by atoms with E-state index in [1.807, 2.05) is 60.9 Å². The van der Waals surface area contributed by atoms with E-state index in [1.165, 1.54) is 21.3 Å². The molecular weight excluding hydrogens is 557 g/mol. The zero-order valence-electron chi connectivity index (χ0n) is 24.6. The molecule has 4 heterocycles. The van der Waals surface area contributed by atoms with Crippen LogP contribution in [0, 0.1) is 0 Å². The van der Waals surface area contributed by atoms with E-state index in [-0.39, 0.29) is 0 Å². The Morgan fingerprint density at radius 3 is 1.66 bits per heavy atom. The zero-order chi connectivity index (χ0) is 29.7. The Labute approximate surface area is 257 Å². The standard InChI is InChI=1S/C38H30N4OSi/c1-44(2)34-22-20-29(41(27-13-5-3-6-14-27)35-17-9-11-23-39-35)25-32(34)37-38(44)31-21-19-30(26-33(31)43-37)42(28-15-7-4-8-16-28)36-18-10-12-24-40-36/h3-26H,1-2H3. The number of furan rings is 1. The van der Waals surface area contributed by atoms with E-state index < -0.39 is 8.07 Å². The van der Waals surface area contributed by atoms with Crippen molar-refractivity contribution in [1.82, 2.24) is 9.97 Å². The van der Waals surface area contributed by atoms with Gasteiger partial charge in [-0.05, 0) is 83.2 Å². The smallest absolute Gasteiger partial charge is 0.137 e. The molecule has 7 aromatic rings. The molecule has 6 heteroatoms. The van der Waals surface area contributed by atoms with Crippen LogP contribution in [0.15, 0.2) is 150 Å². The highest BCUT2D eigenvalue weighted by Crippen LogP contribution is 2.41. The second kappa shape index (κ2) is 10.4. The lowest BCUT2D eigenvalue weighted by Gasteiger charge is -2.26. The number of aromatic nitrogens is 2. The minimum atomic E-state index is -2.04. The van der Waals surface area contributed by atoms with Crippen LogP contribution < -0.4 is 20.2 Å². The average Bonchev–Trinajstić information content (AvgIpc) is 3.56. The molecule has 0 aliphatic carbocycles. The van der Waals surface area contributed by atoms with Crippen molar-refractivity contribution in [3.8, 4) is 11.3 Å². The molecule has 0 saturated heterocycles. The van der Waals surface area contributed by atoms with Gasteiger partial charge in [-0.25, -0.2) is 9.97 Å². The quantitative estimate of drug-likeness (QED) is 0.182. The summed E-state index contributed by atoms with van der Waals surface area (Å²) >= 11 is 0. The number of pyridine rings is 2. The topological polar surface area (TPSA) is 45.4 Å². The fourth-order valence-corrected chi connectivity index (χ4v) is 9.79. The van der Waals surface area contributed by atoms with Gasteiger partial charge in [0.25, 0.3) is 0 Å². The molecule has 5 nitrogen and oxygen atoms in total. The van der Waals surface area contributed by atoms with E-state index in [0.29, 0.717) is 0 Å². The molecule has 8 rings (SSSR count). The largest absolute Gasteiger partial charge is 0.456 e. The molecule has 0 unspecified atom stereocenters. The summed E-state index contributed by atoms with van der Waals surface area (Å²) in [5.41, 5.74) is 6.24. The summed E-state index contributed by atoms with van der Waals surface area (Å²) in [6.07, 6.45) is 3.67. The first-order valence-electron chi connectivity index (χ1n) is 14.8. The molecule has 212 valence electrons. The molecule has 44 heavy (non-hydrogen) atoms. The van der Waals surface area contributed by atoms with E-state index in [1.54, 1.807) is 0 Å². The minimum Gasteiger partial charge on any atom is -0.456 e. The lowest BCUT2D eigenvalue weighted by atomic mass is 10.1. The molecule has 0 radical (unpaired) electrons. The fraction of sp³-hybridized carbons (Fsp3) is 0.0526. The van der Waals surface area contributed by atoms with Gasteiger partial charge in [0.05, 0.1) is 5.69 Å². The molecule has 0 amide bonds. The van der Waals surface area contributed by atoms with Crippen LogP contribution in [0.5, 0.6) is 0 Å². The van der Waals surface area contributed by atoms with Crippen molar-refractivity contribution in [2.45, 2.75) is 13.1 Å². The molecule has 3 aromatic heterocycles. The number of fused-ring (bicyclic) bond motifs is 5. The van der Waals surface area contributed by atoms with Crippen LogP contribution >= 0.6 is 0 Å². The third-order valence-electron chi connectivity index (χ3n) is 8.52. The van der Waals surface area contributed by atoms with Crippen LogP contribution in [0.4, 0.5) is 34.4 Å². The Morgan fingerprint density at radius 2 is 1.09 bits per heavy atom. The van der Waals surface area contributed by atoms with Gasteiger partial charge in [-0.2, -0.15) is 0 Å². The van der Waals surface area contributed by atoms with Crippen LogP contribution in [0.25, 0.3) is 22.3 Å². The van der Waals surface area contributed by atoms with Gasteiger partial charge in [0, 0.05) is 46.5 Å². The van der Waals surface area contributed by atoms with Gasteiger partial charge < -0.3 is 4.42 Å². The van der Waals surface area contributed by atoms with Crippen molar-refractivity contribution in [3.63, 3.8) is 0 Å². The first-order chi connectivity index (χ1) is 21.6. The highest BCUT2D eigenvalue weighted by Gasteiger charge is 2.42. The van der Waals surface area contributed by atoms with Gasteiger partial charge >= 0.3 is 0 Å². The van der Waals surface area contributed by atoms with Crippen molar-refractivity contribution in [2.24, 2.45) is 0 Å². The third-order valence-corrected chi connectivity index (χ3v) is 12.1. The maximum absolute atomic E-state index is 6.83. The van der Waals surface area contributed by atoms with Crippen LogP contribution in [0.2, 0.25) is 13.1 Å². The number of rotatable bonds is 6. The average molecular weight is 587 g/mol. The molecule has 1 aliphatic heterocycles. The van der Waals surface area contributed by atoms with Crippen molar-refractivity contribution in [3.05, 3.63) is 146 Å².